The van der Waals surface area contributed by atoms with Crippen LogP contribution in [-0.4, -0.2) is 53.7 Å². The van der Waals surface area contributed by atoms with Gasteiger partial charge in [0.1, 0.15) is 0 Å². The SMILES string of the molecule is CCCCCCN1CCN(C)C1C(=O)O. The molecular weight excluding hydrogens is 192 g/mol. The van der Waals surface area contributed by atoms with Crippen molar-refractivity contribution in [3.8, 4) is 0 Å². The molecule has 1 saturated heterocycles. The van der Waals surface area contributed by atoms with E-state index < -0.39 is 12.1 Å². The van der Waals surface area contributed by atoms with E-state index in [1.165, 1.54) is 19.3 Å². The first-order chi connectivity index (χ1) is 7.16. The van der Waals surface area contributed by atoms with Crippen LogP contribution in [0.1, 0.15) is 32.6 Å². The van der Waals surface area contributed by atoms with E-state index >= 15 is 0 Å². The second kappa shape index (κ2) is 6.08. The van der Waals surface area contributed by atoms with Crippen molar-refractivity contribution in [3.05, 3.63) is 0 Å². The highest BCUT2D eigenvalue weighted by Gasteiger charge is 2.34. The molecular formula is C11H22N2O2. The summed E-state index contributed by atoms with van der Waals surface area (Å²) in [5.74, 6) is -0.717. The number of carbonyl (C=O) groups is 1. The summed E-state index contributed by atoms with van der Waals surface area (Å²) in [6.45, 7) is 4.86. The van der Waals surface area contributed by atoms with Crippen molar-refractivity contribution in [1.29, 1.82) is 0 Å². The Hall–Kier alpha value is -0.610. The molecule has 4 nitrogen and oxygen atoms in total. The van der Waals surface area contributed by atoms with Crippen LogP contribution in [0, 0.1) is 0 Å². The summed E-state index contributed by atoms with van der Waals surface area (Å²) in [4.78, 5) is 15.0. The molecule has 0 spiro atoms. The van der Waals surface area contributed by atoms with Gasteiger partial charge in [-0.05, 0) is 13.5 Å². The number of unbranched alkanes of at least 4 members (excludes halogenated alkanes) is 3. The molecule has 15 heavy (non-hydrogen) atoms. The maximum atomic E-state index is 11.0. The van der Waals surface area contributed by atoms with Crippen LogP contribution in [0.3, 0.4) is 0 Å². The Morgan fingerprint density at radius 1 is 1.33 bits per heavy atom. The molecule has 88 valence electrons. The van der Waals surface area contributed by atoms with Gasteiger partial charge in [0.2, 0.25) is 0 Å². The lowest BCUT2D eigenvalue weighted by molar-refractivity contribution is -0.146. The minimum atomic E-state index is -0.717. The third-order valence-corrected chi connectivity index (χ3v) is 3.02. The van der Waals surface area contributed by atoms with E-state index in [0.717, 1.165) is 26.1 Å². The van der Waals surface area contributed by atoms with Gasteiger partial charge in [-0.2, -0.15) is 0 Å². The molecule has 1 aliphatic heterocycles. The molecule has 1 fully saturated rings. The highest BCUT2D eigenvalue weighted by atomic mass is 16.4. The first kappa shape index (κ1) is 12.5. The molecule has 0 aromatic rings. The maximum absolute atomic E-state index is 11.0. The Morgan fingerprint density at radius 2 is 2.07 bits per heavy atom. The summed E-state index contributed by atoms with van der Waals surface area (Å²) < 4.78 is 0. The fourth-order valence-corrected chi connectivity index (χ4v) is 2.13. The molecule has 1 heterocycles. The molecule has 4 heteroatoms. The number of hydrogen-bond donors (Lipinski definition) is 1. The zero-order chi connectivity index (χ0) is 11.3. The zero-order valence-electron chi connectivity index (χ0n) is 9.78. The van der Waals surface area contributed by atoms with E-state index in [-0.39, 0.29) is 0 Å². The average molecular weight is 214 g/mol. The molecule has 1 unspecified atom stereocenters. The third kappa shape index (κ3) is 3.47. The van der Waals surface area contributed by atoms with E-state index in [0.29, 0.717) is 0 Å². The molecule has 1 atom stereocenters. The number of hydrogen-bond acceptors (Lipinski definition) is 3. The van der Waals surface area contributed by atoms with Gasteiger partial charge >= 0.3 is 5.97 Å². The van der Waals surface area contributed by atoms with Crippen LogP contribution in [0.15, 0.2) is 0 Å². The monoisotopic (exact) mass is 214 g/mol. The van der Waals surface area contributed by atoms with Crippen LogP contribution in [-0.2, 0) is 4.79 Å². The summed E-state index contributed by atoms with van der Waals surface area (Å²) in [7, 11) is 1.88. The van der Waals surface area contributed by atoms with Crippen LogP contribution in [0.4, 0.5) is 0 Å². The van der Waals surface area contributed by atoms with Crippen molar-refractivity contribution in [2.45, 2.75) is 38.8 Å². The number of rotatable bonds is 6. The maximum Gasteiger partial charge on any atom is 0.336 e. The Labute approximate surface area is 91.9 Å². The van der Waals surface area contributed by atoms with Crippen LogP contribution in [0.5, 0.6) is 0 Å². The van der Waals surface area contributed by atoms with Gasteiger partial charge in [-0.3, -0.25) is 9.80 Å². The Morgan fingerprint density at radius 3 is 2.67 bits per heavy atom. The summed E-state index contributed by atoms with van der Waals surface area (Å²) >= 11 is 0. The summed E-state index contributed by atoms with van der Waals surface area (Å²) in [5, 5.41) is 9.07. The molecule has 1 rings (SSSR count). The quantitative estimate of drug-likeness (QED) is 0.675. The minimum Gasteiger partial charge on any atom is -0.479 e. The standard InChI is InChI=1S/C11H22N2O2/c1-3-4-5-6-7-13-9-8-12(2)10(13)11(14)15/h10H,3-9H2,1-2H3,(H,14,15). The fourth-order valence-electron chi connectivity index (χ4n) is 2.13. The summed E-state index contributed by atoms with van der Waals surface area (Å²) in [5.41, 5.74) is 0. The van der Waals surface area contributed by atoms with E-state index in [4.69, 9.17) is 5.11 Å². The molecule has 0 aliphatic carbocycles. The van der Waals surface area contributed by atoms with Gasteiger partial charge in [-0.25, -0.2) is 4.79 Å². The predicted molar refractivity (Wildman–Crippen MR) is 59.8 cm³/mol. The first-order valence-electron chi connectivity index (χ1n) is 5.84. The van der Waals surface area contributed by atoms with Crippen molar-refractivity contribution in [1.82, 2.24) is 9.80 Å². The molecule has 0 amide bonds. The van der Waals surface area contributed by atoms with Crippen molar-refractivity contribution in [2.75, 3.05) is 26.7 Å². The molecule has 0 aromatic carbocycles. The van der Waals surface area contributed by atoms with Crippen LogP contribution >= 0.6 is 0 Å². The van der Waals surface area contributed by atoms with E-state index in [1.807, 2.05) is 11.9 Å². The first-order valence-corrected chi connectivity index (χ1v) is 5.84. The summed E-state index contributed by atoms with van der Waals surface area (Å²) in [6, 6.07) is 0. The lowest BCUT2D eigenvalue weighted by atomic mass is 10.2. The highest BCUT2D eigenvalue weighted by Crippen LogP contribution is 2.14. The molecule has 0 bridgehead atoms. The molecule has 0 saturated carbocycles. The number of nitrogens with zero attached hydrogens (tertiary/aromatic N) is 2. The normalized spacial score (nSPS) is 23.5. The Balaban J connectivity index is 2.31. The topological polar surface area (TPSA) is 43.8 Å². The highest BCUT2D eigenvalue weighted by molar-refractivity contribution is 5.73. The molecule has 1 aliphatic rings. The number of carboxylic acids is 1. The van der Waals surface area contributed by atoms with E-state index in [2.05, 4.69) is 11.8 Å². The van der Waals surface area contributed by atoms with Gasteiger partial charge in [-0.1, -0.05) is 26.2 Å². The van der Waals surface area contributed by atoms with Crippen molar-refractivity contribution in [2.24, 2.45) is 0 Å². The second-order valence-corrected chi connectivity index (χ2v) is 4.29. The second-order valence-electron chi connectivity index (χ2n) is 4.29. The summed E-state index contributed by atoms with van der Waals surface area (Å²) in [6.07, 6.45) is 4.41. The van der Waals surface area contributed by atoms with Gasteiger partial charge < -0.3 is 5.11 Å². The predicted octanol–water partition coefficient (Wildman–Crippen LogP) is 1.22. The lowest BCUT2D eigenvalue weighted by Gasteiger charge is -2.23. The largest absolute Gasteiger partial charge is 0.479 e. The van der Waals surface area contributed by atoms with Crippen molar-refractivity contribution in [3.63, 3.8) is 0 Å². The Kier molecular flexibility index (Phi) is 5.05. The molecule has 0 radical (unpaired) electrons. The lowest BCUT2D eigenvalue weighted by Crippen LogP contribution is -2.43. The van der Waals surface area contributed by atoms with Gasteiger partial charge in [0, 0.05) is 19.6 Å². The van der Waals surface area contributed by atoms with Gasteiger partial charge in [0.25, 0.3) is 0 Å². The van der Waals surface area contributed by atoms with Crippen LogP contribution in [0.2, 0.25) is 0 Å². The van der Waals surface area contributed by atoms with Gasteiger partial charge in [0.05, 0.1) is 0 Å². The average Bonchev–Trinajstić information content (AvgIpc) is 2.54. The Bertz CT molecular complexity index is 209. The van der Waals surface area contributed by atoms with Gasteiger partial charge in [0.15, 0.2) is 6.17 Å². The van der Waals surface area contributed by atoms with Crippen LogP contribution in [0.25, 0.3) is 0 Å². The van der Waals surface area contributed by atoms with Gasteiger partial charge in [-0.15, -0.1) is 0 Å². The van der Waals surface area contributed by atoms with Crippen LogP contribution < -0.4 is 0 Å². The number of likely N-dealkylation sites (N-methyl/N-ethyl adjacent to an activating group) is 1. The van der Waals surface area contributed by atoms with Crippen molar-refractivity contribution >= 4 is 5.97 Å². The zero-order valence-corrected chi connectivity index (χ0v) is 9.78. The minimum absolute atomic E-state index is 0.397. The molecule has 1 N–H and O–H groups in total. The van der Waals surface area contributed by atoms with Crippen molar-refractivity contribution < 1.29 is 9.90 Å². The smallest absolute Gasteiger partial charge is 0.336 e. The van der Waals surface area contributed by atoms with E-state index in [9.17, 15) is 4.79 Å². The van der Waals surface area contributed by atoms with E-state index in [1.54, 1.807) is 0 Å². The molecule has 0 aromatic heterocycles. The number of carboxylic acid groups (broad SMARTS) is 1. The third-order valence-electron chi connectivity index (χ3n) is 3.02. The fraction of sp³-hybridized carbons (Fsp3) is 0.909. The number of aliphatic carboxylic acids is 1.